The van der Waals surface area contributed by atoms with Crippen LogP contribution in [0.5, 0.6) is 11.5 Å². The van der Waals surface area contributed by atoms with Crippen molar-refractivity contribution in [3.63, 3.8) is 0 Å². The molecule has 0 aromatic heterocycles. The maximum absolute atomic E-state index is 12.5. The molecule has 0 unspecified atom stereocenters. The largest absolute Gasteiger partial charge is 0.494 e. The first kappa shape index (κ1) is 30.4. The second-order valence-corrected chi connectivity index (χ2v) is 10.6. The minimum absolute atomic E-state index is 0.182. The zero-order valence-electron chi connectivity index (χ0n) is 22.8. The number of ether oxygens (including phenoxy) is 3. The van der Waals surface area contributed by atoms with Gasteiger partial charge in [-0.25, -0.2) is 9.59 Å². The van der Waals surface area contributed by atoms with Gasteiger partial charge in [-0.2, -0.15) is 0 Å². The topological polar surface area (TPSA) is 61.8 Å². The highest BCUT2D eigenvalue weighted by Gasteiger charge is 2.11. The van der Waals surface area contributed by atoms with E-state index in [0.717, 1.165) is 22.2 Å². The van der Waals surface area contributed by atoms with Crippen molar-refractivity contribution in [1.82, 2.24) is 0 Å². The van der Waals surface area contributed by atoms with Gasteiger partial charge >= 0.3 is 11.9 Å². The third-order valence-electron chi connectivity index (χ3n) is 6.44. The lowest BCUT2D eigenvalue weighted by molar-refractivity contribution is 0.0472. The molecule has 6 heteroatoms. The van der Waals surface area contributed by atoms with E-state index in [1.165, 1.54) is 57.8 Å². The van der Waals surface area contributed by atoms with Crippen LogP contribution in [0.3, 0.4) is 0 Å². The predicted molar refractivity (Wildman–Crippen MR) is 158 cm³/mol. The van der Waals surface area contributed by atoms with Crippen molar-refractivity contribution in [3.05, 3.63) is 94.0 Å². The van der Waals surface area contributed by atoms with Gasteiger partial charge in [-0.15, -0.1) is 0 Å². The standard InChI is InChI=1S/C33H39BrO5/c1-2-3-4-5-6-7-8-9-10-11-24-37-30-20-14-28(15-21-30)33(36)39-31-22-16-27(17-23-31)32(35)38-25-26-12-18-29(34)19-13-26/h12-23H,2-11,24-25H2,1H3. The average molecular weight is 596 g/mol. The number of hydrogen-bond donors (Lipinski definition) is 0. The van der Waals surface area contributed by atoms with E-state index in [9.17, 15) is 9.59 Å². The maximum atomic E-state index is 12.5. The van der Waals surface area contributed by atoms with Gasteiger partial charge in [0, 0.05) is 4.47 Å². The summed E-state index contributed by atoms with van der Waals surface area (Å²) in [5.74, 6) is 0.185. The van der Waals surface area contributed by atoms with Crippen molar-refractivity contribution < 1.29 is 23.8 Å². The van der Waals surface area contributed by atoms with E-state index in [-0.39, 0.29) is 6.61 Å². The highest BCUT2D eigenvalue weighted by atomic mass is 79.9. The third-order valence-corrected chi connectivity index (χ3v) is 6.97. The molecule has 208 valence electrons. The van der Waals surface area contributed by atoms with Crippen LogP contribution < -0.4 is 9.47 Å². The van der Waals surface area contributed by atoms with Crippen LogP contribution >= 0.6 is 15.9 Å². The number of carbonyl (C=O) groups excluding carboxylic acids is 2. The molecular formula is C33H39BrO5. The normalized spacial score (nSPS) is 10.7. The van der Waals surface area contributed by atoms with Gasteiger partial charge in [0.25, 0.3) is 0 Å². The molecule has 0 fully saturated rings. The summed E-state index contributed by atoms with van der Waals surface area (Å²) in [6.07, 6.45) is 12.9. The van der Waals surface area contributed by atoms with Crippen LogP contribution in [0, 0.1) is 0 Å². The van der Waals surface area contributed by atoms with E-state index in [1.54, 1.807) is 48.5 Å². The summed E-state index contributed by atoms with van der Waals surface area (Å²) < 4.78 is 17.6. The summed E-state index contributed by atoms with van der Waals surface area (Å²) >= 11 is 3.38. The molecule has 0 atom stereocenters. The molecule has 0 bridgehead atoms. The summed E-state index contributed by atoms with van der Waals surface area (Å²) in [7, 11) is 0. The fourth-order valence-electron chi connectivity index (χ4n) is 4.10. The molecule has 0 aliphatic carbocycles. The van der Waals surface area contributed by atoms with E-state index < -0.39 is 11.9 Å². The predicted octanol–water partition coefficient (Wildman–Crippen LogP) is 9.32. The molecule has 0 radical (unpaired) electrons. The molecule has 0 heterocycles. The molecule has 0 N–H and O–H groups in total. The minimum Gasteiger partial charge on any atom is -0.494 e. The fourth-order valence-corrected chi connectivity index (χ4v) is 4.37. The van der Waals surface area contributed by atoms with Crippen molar-refractivity contribution >= 4 is 27.9 Å². The first-order chi connectivity index (χ1) is 19.0. The van der Waals surface area contributed by atoms with Gasteiger partial charge in [0.15, 0.2) is 0 Å². The van der Waals surface area contributed by atoms with Crippen LogP contribution in [0.4, 0.5) is 0 Å². The van der Waals surface area contributed by atoms with Gasteiger partial charge in [0.1, 0.15) is 18.1 Å². The maximum Gasteiger partial charge on any atom is 0.343 e. The zero-order chi connectivity index (χ0) is 27.7. The Labute approximate surface area is 241 Å². The van der Waals surface area contributed by atoms with E-state index in [0.29, 0.717) is 23.5 Å². The van der Waals surface area contributed by atoms with Crippen molar-refractivity contribution in [3.8, 4) is 11.5 Å². The Bertz CT molecular complexity index is 1120. The first-order valence-electron chi connectivity index (χ1n) is 14.0. The second kappa shape index (κ2) is 17.5. The molecule has 3 rings (SSSR count). The van der Waals surface area contributed by atoms with Crippen molar-refractivity contribution in [2.75, 3.05) is 6.61 Å². The average Bonchev–Trinajstić information content (AvgIpc) is 2.96. The minimum atomic E-state index is -0.471. The van der Waals surface area contributed by atoms with Crippen LogP contribution in [0.2, 0.25) is 0 Å². The fraction of sp³-hybridized carbons (Fsp3) is 0.394. The summed E-state index contributed by atoms with van der Waals surface area (Å²) in [6, 6.07) is 20.9. The van der Waals surface area contributed by atoms with E-state index in [2.05, 4.69) is 22.9 Å². The van der Waals surface area contributed by atoms with Crippen LogP contribution in [0.15, 0.2) is 77.3 Å². The van der Waals surface area contributed by atoms with Gasteiger partial charge in [0.05, 0.1) is 17.7 Å². The Morgan fingerprint density at radius 3 is 1.72 bits per heavy atom. The number of benzene rings is 3. The third kappa shape index (κ3) is 11.7. The summed E-state index contributed by atoms with van der Waals surface area (Å²) in [4.78, 5) is 24.8. The molecule has 3 aromatic rings. The Morgan fingerprint density at radius 2 is 1.13 bits per heavy atom. The van der Waals surface area contributed by atoms with Gasteiger partial charge in [-0.3, -0.25) is 0 Å². The molecule has 0 amide bonds. The van der Waals surface area contributed by atoms with E-state index in [1.807, 2.05) is 24.3 Å². The van der Waals surface area contributed by atoms with Gasteiger partial charge in [-0.1, -0.05) is 92.8 Å². The Kier molecular flexibility index (Phi) is 13.6. The van der Waals surface area contributed by atoms with Gasteiger partial charge < -0.3 is 14.2 Å². The molecule has 0 spiro atoms. The van der Waals surface area contributed by atoms with Gasteiger partial charge in [0.2, 0.25) is 0 Å². The summed E-state index contributed by atoms with van der Waals surface area (Å²) in [6.45, 7) is 3.11. The molecule has 39 heavy (non-hydrogen) atoms. The highest BCUT2D eigenvalue weighted by molar-refractivity contribution is 9.10. The highest BCUT2D eigenvalue weighted by Crippen LogP contribution is 2.19. The van der Waals surface area contributed by atoms with Crippen LogP contribution in [0.1, 0.15) is 97.4 Å². The Morgan fingerprint density at radius 1 is 0.615 bits per heavy atom. The SMILES string of the molecule is CCCCCCCCCCCCOc1ccc(C(=O)Oc2ccc(C(=O)OCc3ccc(Br)cc3)cc2)cc1. The van der Waals surface area contributed by atoms with Crippen molar-refractivity contribution in [2.45, 2.75) is 77.7 Å². The first-order valence-corrected chi connectivity index (χ1v) is 14.8. The molecule has 0 aliphatic heterocycles. The van der Waals surface area contributed by atoms with Crippen LogP contribution in [0.25, 0.3) is 0 Å². The lowest BCUT2D eigenvalue weighted by atomic mass is 10.1. The van der Waals surface area contributed by atoms with Crippen molar-refractivity contribution in [1.29, 1.82) is 0 Å². The number of carbonyl (C=O) groups is 2. The molecule has 0 aliphatic rings. The van der Waals surface area contributed by atoms with Gasteiger partial charge in [-0.05, 0) is 72.6 Å². The van der Waals surface area contributed by atoms with Crippen LogP contribution in [-0.4, -0.2) is 18.5 Å². The monoisotopic (exact) mass is 594 g/mol. The number of hydrogen-bond acceptors (Lipinski definition) is 5. The molecule has 3 aromatic carbocycles. The van der Waals surface area contributed by atoms with Crippen LogP contribution in [-0.2, 0) is 11.3 Å². The molecular weight excluding hydrogens is 556 g/mol. The van der Waals surface area contributed by atoms with E-state index >= 15 is 0 Å². The quantitative estimate of drug-likeness (QED) is 0.0884. The smallest absolute Gasteiger partial charge is 0.343 e. The van der Waals surface area contributed by atoms with Crippen molar-refractivity contribution in [2.24, 2.45) is 0 Å². The summed E-state index contributed by atoms with van der Waals surface area (Å²) in [5, 5.41) is 0. The molecule has 0 saturated carbocycles. The summed E-state index contributed by atoms with van der Waals surface area (Å²) in [5.41, 5.74) is 1.71. The van der Waals surface area contributed by atoms with E-state index in [4.69, 9.17) is 14.2 Å². The zero-order valence-corrected chi connectivity index (χ0v) is 24.4. The number of halogens is 1. The molecule has 0 saturated heterocycles. The lowest BCUT2D eigenvalue weighted by Crippen LogP contribution is -2.09. The number of esters is 2. The number of rotatable bonds is 17. The molecule has 5 nitrogen and oxygen atoms in total. The lowest BCUT2D eigenvalue weighted by Gasteiger charge is -2.08. The Hall–Kier alpha value is -3.12. The second-order valence-electron chi connectivity index (χ2n) is 9.67. The Balaban J connectivity index is 1.32. The number of unbranched alkanes of at least 4 members (excludes halogenated alkanes) is 9.